The molecule has 5 nitrogen and oxygen atoms in total. The van der Waals surface area contributed by atoms with E-state index in [9.17, 15) is 4.79 Å². The number of benzene rings is 1. The summed E-state index contributed by atoms with van der Waals surface area (Å²) in [5.41, 5.74) is 3.80. The van der Waals surface area contributed by atoms with Crippen LogP contribution in [0.4, 0.5) is 5.69 Å². The first-order valence-corrected chi connectivity index (χ1v) is 6.79. The molecule has 104 valence electrons. The Labute approximate surface area is 117 Å². The van der Waals surface area contributed by atoms with Crippen LogP contribution in [0.5, 0.6) is 0 Å². The van der Waals surface area contributed by atoms with Crippen LogP contribution in [0.2, 0.25) is 0 Å². The number of nitrogens with zero attached hydrogens (tertiary/aromatic N) is 3. The molecule has 20 heavy (non-hydrogen) atoms. The Hall–Kier alpha value is -2.30. The maximum Gasteiger partial charge on any atom is 0.335 e. The van der Waals surface area contributed by atoms with Gasteiger partial charge in [0.1, 0.15) is 0 Å². The van der Waals surface area contributed by atoms with Gasteiger partial charge >= 0.3 is 5.97 Å². The van der Waals surface area contributed by atoms with Crippen molar-refractivity contribution in [3.8, 4) is 0 Å². The smallest absolute Gasteiger partial charge is 0.335 e. The summed E-state index contributed by atoms with van der Waals surface area (Å²) >= 11 is 0. The second-order valence-electron chi connectivity index (χ2n) is 4.99. The molecule has 1 aliphatic heterocycles. The average molecular weight is 271 g/mol. The minimum Gasteiger partial charge on any atom is -0.478 e. The number of aryl methyl sites for hydroxylation is 1. The summed E-state index contributed by atoms with van der Waals surface area (Å²) < 4.78 is 2.13. The summed E-state index contributed by atoms with van der Waals surface area (Å²) in [6, 6.07) is 5.38. The molecule has 1 aromatic heterocycles. The van der Waals surface area contributed by atoms with E-state index in [-0.39, 0.29) is 0 Å². The Morgan fingerprint density at radius 1 is 1.45 bits per heavy atom. The van der Waals surface area contributed by atoms with Crippen molar-refractivity contribution in [3.63, 3.8) is 0 Å². The highest BCUT2D eigenvalue weighted by Gasteiger charge is 2.21. The Balaban J connectivity index is 1.84. The highest BCUT2D eigenvalue weighted by atomic mass is 16.4. The van der Waals surface area contributed by atoms with Crippen LogP contribution in [0.15, 0.2) is 30.7 Å². The molecule has 1 aromatic carbocycles. The van der Waals surface area contributed by atoms with Crippen LogP contribution in [-0.2, 0) is 19.5 Å². The third-order valence-electron chi connectivity index (χ3n) is 3.81. The third-order valence-corrected chi connectivity index (χ3v) is 3.81. The van der Waals surface area contributed by atoms with Crippen molar-refractivity contribution in [2.24, 2.45) is 0 Å². The lowest BCUT2D eigenvalue weighted by Gasteiger charge is -2.20. The number of hydrogen-bond acceptors (Lipinski definition) is 3. The Morgan fingerprint density at radius 3 is 3.05 bits per heavy atom. The van der Waals surface area contributed by atoms with E-state index < -0.39 is 5.97 Å². The Bertz CT molecular complexity index is 648. The van der Waals surface area contributed by atoms with E-state index in [4.69, 9.17) is 5.11 Å². The minimum atomic E-state index is -0.865. The summed E-state index contributed by atoms with van der Waals surface area (Å²) in [5, 5.41) is 9.03. The molecular formula is C15H17N3O2. The van der Waals surface area contributed by atoms with Gasteiger partial charge in [-0.15, -0.1) is 0 Å². The molecule has 0 spiro atoms. The SMILES string of the molecule is CCn1cncc1CN1CCc2cc(C(=O)O)ccc21. The fraction of sp³-hybridized carbons (Fsp3) is 0.333. The molecule has 0 saturated heterocycles. The van der Waals surface area contributed by atoms with E-state index in [0.29, 0.717) is 5.56 Å². The number of fused-ring (bicyclic) bond motifs is 1. The van der Waals surface area contributed by atoms with Gasteiger partial charge in [-0.05, 0) is 37.1 Å². The molecule has 0 aliphatic carbocycles. The number of imidazole rings is 1. The Kier molecular flexibility index (Phi) is 3.18. The van der Waals surface area contributed by atoms with Gasteiger partial charge in [-0.25, -0.2) is 9.78 Å². The van der Waals surface area contributed by atoms with Crippen molar-refractivity contribution < 1.29 is 9.90 Å². The van der Waals surface area contributed by atoms with E-state index in [1.165, 1.54) is 5.69 Å². The molecule has 1 N–H and O–H groups in total. The van der Waals surface area contributed by atoms with Gasteiger partial charge in [0.2, 0.25) is 0 Å². The summed E-state index contributed by atoms with van der Waals surface area (Å²) in [5.74, 6) is -0.865. The molecule has 0 atom stereocenters. The van der Waals surface area contributed by atoms with Crippen molar-refractivity contribution in [2.45, 2.75) is 26.4 Å². The molecule has 5 heteroatoms. The second-order valence-corrected chi connectivity index (χ2v) is 4.99. The van der Waals surface area contributed by atoms with E-state index in [1.807, 2.05) is 18.6 Å². The predicted molar refractivity (Wildman–Crippen MR) is 76.1 cm³/mol. The summed E-state index contributed by atoms with van der Waals surface area (Å²) in [7, 11) is 0. The zero-order valence-electron chi connectivity index (χ0n) is 11.4. The van der Waals surface area contributed by atoms with Crippen molar-refractivity contribution >= 4 is 11.7 Å². The predicted octanol–water partition coefficient (Wildman–Crippen LogP) is 2.16. The van der Waals surface area contributed by atoms with Gasteiger partial charge in [-0.2, -0.15) is 0 Å². The second kappa shape index (κ2) is 5.00. The maximum atomic E-state index is 11.0. The number of aromatic nitrogens is 2. The van der Waals surface area contributed by atoms with Gasteiger partial charge in [0.25, 0.3) is 0 Å². The van der Waals surface area contributed by atoms with Gasteiger partial charge in [0.05, 0.1) is 24.1 Å². The highest BCUT2D eigenvalue weighted by Crippen LogP contribution is 2.30. The number of carboxylic acids is 1. The van der Waals surface area contributed by atoms with E-state index >= 15 is 0 Å². The number of carbonyl (C=O) groups is 1. The first-order valence-electron chi connectivity index (χ1n) is 6.79. The zero-order chi connectivity index (χ0) is 14.1. The molecule has 0 amide bonds. The van der Waals surface area contributed by atoms with Crippen molar-refractivity contribution in [1.29, 1.82) is 0 Å². The number of aromatic carboxylic acids is 1. The minimum absolute atomic E-state index is 0.365. The van der Waals surface area contributed by atoms with Crippen LogP contribution < -0.4 is 4.90 Å². The monoisotopic (exact) mass is 271 g/mol. The molecule has 0 radical (unpaired) electrons. The van der Waals surface area contributed by atoms with Gasteiger partial charge in [-0.1, -0.05) is 0 Å². The number of carboxylic acid groups (broad SMARTS) is 1. The number of rotatable bonds is 4. The average Bonchev–Trinajstić information content (AvgIpc) is 3.05. The van der Waals surface area contributed by atoms with Crippen molar-refractivity contribution in [1.82, 2.24) is 9.55 Å². The summed E-state index contributed by atoms with van der Waals surface area (Å²) in [6.07, 6.45) is 4.64. The lowest BCUT2D eigenvalue weighted by molar-refractivity contribution is 0.0697. The van der Waals surface area contributed by atoms with Gasteiger partial charge in [0, 0.05) is 25.0 Å². The molecule has 0 saturated carbocycles. The molecule has 0 unspecified atom stereocenters. The van der Waals surface area contributed by atoms with Gasteiger partial charge < -0.3 is 14.6 Å². The molecule has 2 aromatic rings. The highest BCUT2D eigenvalue weighted by molar-refractivity contribution is 5.88. The van der Waals surface area contributed by atoms with Crippen LogP contribution >= 0.6 is 0 Å². The van der Waals surface area contributed by atoms with Gasteiger partial charge in [0.15, 0.2) is 0 Å². The first kappa shape index (κ1) is 12.7. The molecule has 0 fully saturated rings. The number of hydrogen-bond donors (Lipinski definition) is 1. The normalized spacial score (nSPS) is 13.6. The van der Waals surface area contributed by atoms with Crippen LogP contribution in [0, 0.1) is 0 Å². The topological polar surface area (TPSA) is 58.4 Å². The van der Waals surface area contributed by atoms with Crippen molar-refractivity contribution in [3.05, 3.63) is 47.5 Å². The fourth-order valence-electron chi connectivity index (χ4n) is 2.73. The third kappa shape index (κ3) is 2.15. The fourth-order valence-corrected chi connectivity index (χ4v) is 2.73. The standard InChI is InChI=1S/C15H17N3O2/c1-2-17-10-16-8-13(17)9-18-6-5-11-7-12(15(19)20)3-4-14(11)18/h3-4,7-8,10H,2,5-6,9H2,1H3,(H,19,20). The number of anilines is 1. The molecule has 2 heterocycles. The molecule has 1 aliphatic rings. The van der Waals surface area contributed by atoms with Gasteiger partial charge in [-0.3, -0.25) is 0 Å². The quantitative estimate of drug-likeness (QED) is 0.925. The zero-order valence-corrected chi connectivity index (χ0v) is 11.4. The van der Waals surface area contributed by atoms with Crippen LogP contribution in [-0.4, -0.2) is 27.2 Å². The van der Waals surface area contributed by atoms with Crippen molar-refractivity contribution in [2.75, 3.05) is 11.4 Å². The van der Waals surface area contributed by atoms with Crippen LogP contribution in [0.1, 0.15) is 28.5 Å². The van der Waals surface area contributed by atoms with Crippen LogP contribution in [0.25, 0.3) is 0 Å². The van der Waals surface area contributed by atoms with Crippen LogP contribution in [0.3, 0.4) is 0 Å². The Morgan fingerprint density at radius 2 is 2.30 bits per heavy atom. The van der Waals surface area contributed by atoms with E-state index in [2.05, 4.69) is 21.4 Å². The maximum absolute atomic E-state index is 11.0. The molecular weight excluding hydrogens is 254 g/mol. The molecule has 0 bridgehead atoms. The summed E-state index contributed by atoms with van der Waals surface area (Å²) in [6.45, 7) is 4.75. The largest absolute Gasteiger partial charge is 0.478 e. The molecule has 3 rings (SSSR count). The lowest BCUT2D eigenvalue weighted by atomic mass is 10.1. The summed E-state index contributed by atoms with van der Waals surface area (Å²) in [4.78, 5) is 17.5. The van der Waals surface area contributed by atoms with E-state index in [0.717, 1.165) is 37.3 Å². The lowest BCUT2D eigenvalue weighted by Crippen LogP contribution is -2.21. The van der Waals surface area contributed by atoms with E-state index in [1.54, 1.807) is 12.1 Å². The first-order chi connectivity index (χ1) is 9.69.